The minimum absolute atomic E-state index is 0.158. The van der Waals surface area contributed by atoms with Crippen LogP contribution < -0.4 is 0 Å². The van der Waals surface area contributed by atoms with Crippen molar-refractivity contribution in [1.82, 2.24) is 4.90 Å². The van der Waals surface area contributed by atoms with E-state index in [9.17, 15) is 9.18 Å². The molecule has 0 aliphatic heterocycles. The quantitative estimate of drug-likeness (QED) is 0.730. The molecule has 0 aliphatic carbocycles. The van der Waals surface area contributed by atoms with Crippen molar-refractivity contribution in [1.29, 1.82) is 0 Å². The van der Waals surface area contributed by atoms with Crippen molar-refractivity contribution in [2.45, 2.75) is 32.7 Å². The summed E-state index contributed by atoms with van der Waals surface area (Å²) in [4.78, 5) is 14.1. The van der Waals surface area contributed by atoms with Gasteiger partial charge in [0.1, 0.15) is 5.82 Å². The number of benzene rings is 1. The largest absolute Gasteiger partial charge is 0.335 e. The van der Waals surface area contributed by atoms with Crippen LogP contribution in [0.25, 0.3) is 0 Å². The van der Waals surface area contributed by atoms with E-state index in [1.807, 2.05) is 13.8 Å². The third-order valence-electron chi connectivity index (χ3n) is 3.07. The van der Waals surface area contributed by atoms with E-state index < -0.39 is 5.82 Å². The Morgan fingerprint density at radius 3 is 2.44 bits per heavy atom. The average Bonchev–Trinajstić information content (AvgIpc) is 2.39. The van der Waals surface area contributed by atoms with E-state index in [2.05, 4.69) is 15.9 Å². The summed E-state index contributed by atoms with van der Waals surface area (Å²) in [6, 6.07) is 6.32. The number of amides is 1. The Kier molecular flexibility index (Phi) is 6.33. The van der Waals surface area contributed by atoms with Crippen LogP contribution in [0.1, 0.15) is 37.0 Å². The molecule has 0 N–H and O–H groups in total. The Bertz CT molecular complexity index is 393. The lowest BCUT2D eigenvalue weighted by atomic mass is 10.1. The van der Waals surface area contributed by atoms with Crippen LogP contribution in [0.3, 0.4) is 0 Å². The number of carbonyl (C=O) groups is 1. The van der Waals surface area contributed by atoms with E-state index in [0.29, 0.717) is 11.9 Å². The van der Waals surface area contributed by atoms with E-state index >= 15 is 0 Å². The highest BCUT2D eigenvalue weighted by atomic mass is 79.9. The fourth-order valence-electron chi connectivity index (χ4n) is 2.06. The smallest absolute Gasteiger partial charge is 0.257 e. The molecule has 1 aromatic carbocycles. The Balaban J connectivity index is 2.99. The third kappa shape index (κ3) is 3.55. The first-order valence-electron chi connectivity index (χ1n) is 6.27. The van der Waals surface area contributed by atoms with Crippen molar-refractivity contribution in [2.75, 3.05) is 11.9 Å². The van der Waals surface area contributed by atoms with Gasteiger partial charge < -0.3 is 4.90 Å². The Morgan fingerprint density at radius 1 is 1.33 bits per heavy atom. The summed E-state index contributed by atoms with van der Waals surface area (Å²) in [6.45, 7) is 4.69. The van der Waals surface area contributed by atoms with Crippen molar-refractivity contribution in [2.24, 2.45) is 0 Å². The van der Waals surface area contributed by atoms with Crippen molar-refractivity contribution < 1.29 is 9.18 Å². The molecule has 0 radical (unpaired) electrons. The predicted octanol–water partition coefficient (Wildman–Crippen LogP) is 3.85. The number of hydrogen-bond donors (Lipinski definition) is 0. The minimum atomic E-state index is -0.451. The van der Waals surface area contributed by atoms with Gasteiger partial charge in [0, 0.05) is 17.9 Å². The summed E-state index contributed by atoms with van der Waals surface area (Å²) in [7, 11) is 0. The lowest BCUT2D eigenvalue weighted by Crippen LogP contribution is -2.41. The maximum absolute atomic E-state index is 13.7. The van der Waals surface area contributed by atoms with Crippen LogP contribution in [0.15, 0.2) is 24.3 Å². The van der Waals surface area contributed by atoms with Gasteiger partial charge >= 0.3 is 0 Å². The summed E-state index contributed by atoms with van der Waals surface area (Å²) in [6.07, 6.45) is 1.76. The van der Waals surface area contributed by atoms with Gasteiger partial charge in [-0.3, -0.25) is 4.79 Å². The summed E-state index contributed by atoms with van der Waals surface area (Å²) in [5, 5.41) is 0.698. The fraction of sp³-hybridized carbons (Fsp3) is 0.500. The molecule has 0 saturated carbocycles. The molecule has 1 rings (SSSR count). The molecule has 2 nitrogen and oxygen atoms in total. The van der Waals surface area contributed by atoms with Gasteiger partial charge in [-0.2, -0.15) is 0 Å². The van der Waals surface area contributed by atoms with Gasteiger partial charge in [0.05, 0.1) is 5.56 Å². The highest BCUT2D eigenvalue weighted by molar-refractivity contribution is 9.09. The molecule has 4 heteroatoms. The monoisotopic (exact) mass is 315 g/mol. The molecule has 1 aromatic rings. The first kappa shape index (κ1) is 15.2. The zero-order valence-corrected chi connectivity index (χ0v) is 12.4. The summed E-state index contributed by atoms with van der Waals surface area (Å²) < 4.78 is 13.7. The number of hydrogen-bond acceptors (Lipinski definition) is 1. The van der Waals surface area contributed by atoms with Crippen LogP contribution >= 0.6 is 15.9 Å². The van der Waals surface area contributed by atoms with Crippen molar-refractivity contribution >= 4 is 21.8 Å². The minimum Gasteiger partial charge on any atom is -0.335 e. The SMILES string of the molecule is CCC(CC)N(CCBr)C(=O)c1ccccc1F. The molecule has 0 aliphatic rings. The molecule has 0 unspecified atom stereocenters. The average molecular weight is 316 g/mol. The topological polar surface area (TPSA) is 20.3 Å². The van der Waals surface area contributed by atoms with Gasteiger partial charge in [-0.1, -0.05) is 41.9 Å². The molecule has 0 fully saturated rings. The highest BCUT2D eigenvalue weighted by Crippen LogP contribution is 2.16. The molecule has 1 amide bonds. The second kappa shape index (κ2) is 7.52. The molecule has 0 atom stereocenters. The predicted molar refractivity (Wildman–Crippen MR) is 75.6 cm³/mol. The fourth-order valence-corrected chi connectivity index (χ4v) is 2.44. The molecular weight excluding hydrogens is 297 g/mol. The molecule has 100 valence electrons. The molecule has 0 spiro atoms. The van der Waals surface area contributed by atoms with Crippen LogP contribution in [0, 0.1) is 5.82 Å². The first-order valence-corrected chi connectivity index (χ1v) is 7.39. The van der Waals surface area contributed by atoms with Gasteiger partial charge in [-0.05, 0) is 25.0 Å². The summed E-state index contributed by atoms with van der Waals surface area (Å²) in [5.74, 6) is -0.672. The van der Waals surface area contributed by atoms with Crippen LogP contribution in [-0.2, 0) is 0 Å². The Morgan fingerprint density at radius 2 is 1.94 bits per heavy atom. The number of rotatable bonds is 6. The molecular formula is C14H19BrFNO. The molecule has 0 aromatic heterocycles. The van der Waals surface area contributed by atoms with Gasteiger partial charge in [0.2, 0.25) is 0 Å². The van der Waals surface area contributed by atoms with E-state index in [4.69, 9.17) is 0 Å². The van der Waals surface area contributed by atoms with Crippen LogP contribution in [0.4, 0.5) is 4.39 Å². The number of halogens is 2. The maximum atomic E-state index is 13.7. The zero-order chi connectivity index (χ0) is 13.5. The summed E-state index contributed by atoms with van der Waals surface area (Å²) >= 11 is 3.35. The van der Waals surface area contributed by atoms with E-state index in [0.717, 1.165) is 12.8 Å². The van der Waals surface area contributed by atoms with Crippen molar-refractivity contribution in [3.63, 3.8) is 0 Å². The number of nitrogens with zero attached hydrogens (tertiary/aromatic N) is 1. The third-order valence-corrected chi connectivity index (χ3v) is 3.43. The van der Waals surface area contributed by atoms with Crippen molar-refractivity contribution in [3.05, 3.63) is 35.6 Å². The Hall–Kier alpha value is -0.900. The van der Waals surface area contributed by atoms with Gasteiger partial charge in [-0.25, -0.2) is 4.39 Å². The lowest BCUT2D eigenvalue weighted by Gasteiger charge is -2.30. The molecule has 0 heterocycles. The first-order chi connectivity index (χ1) is 8.65. The maximum Gasteiger partial charge on any atom is 0.257 e. The van der Waals surface area contributed by atoms with E-state index in [1.165, 1.54) is 6.07 Å². The zero-order valence-electron chi connectivity index (χ0n) is 10.8. The standard InChI is InChI=1S/C14H19BrFNO/c1-3-11(4-2)17(10-9-15)14(18)12-7-5-6-8-13(12)16/h5-8,11H,3-4,9-10H2,1-2H3. The summed E-state index contributed by atoms with van der Waals surface area (Å²) in [5.41, 5.74) is 0.158. The van der Waals surface area contributed by atoms with Gasteiger partial charge in [-0.15, -0.1) is 0 Å². The van der Waals surface area contributed by atoms with Crippen molar-refractivity contribution in [3.8, 4) is 0 Å². The molecule has 0 saturated heterocycles. The number of carbonyl (C=O) groups excluding carboxylic acids is 1. The van der Waals surface area contributed by atoms with Gasteiger partial charge in [0.15, 0.2) is 0 Å². The van der Waals surface area contributed by atoms with Crippen LogP contribution in [-0.4, -0.2) is 28.7 Å². The lowest BCUT2D eigenvalue weighted by molar-refractivity contribution is 0.0678. The second-order valence-corrected chi connectivity index (χ2v) is 4.93. The van der Waals surface area contributed by atoms with E-state index in [1.54, 1.807) is 23.1 Å². The Labute approximate surface area is 116 Å². The number of alkyl halides is 1. The van der Waals surface area contributed by atoms with Crippen LogP contribution in [0.5, 0.6) is 0 Å². The normalized spacial score (nSPS) is 10.7. The van der Waals surface area contributed by atoms with E-state index in [-0.39, 0.29) is 17.5 Å². The highest BCUT2D eigenvalue weighted by Gasteiger charge is 2.23. The van der Waals surface area contributed by atoms with Crippen LogP contribution in [0.2, 0.25) is 0 Å². The molecule has 0 bridgehead atoms. The molecule has 18 heavy (non-hydrogen) atoms. The van der Waals surface area contributed by atoms with Gasteiger partial charge in [0.25, 0.3) is 5.91 Å². The second-order valence-electron chi connectivity index (χ2n) is 4.14.